The van der Waals surface area contributed by atoms with Gasteiger partial charge in [-0.15, -0.1) is 24.8 Å². The number of fused-ring (bicyclic) bond motifs is 1. The molecule has 3 aliphatic rings. The minimum absolute atomic E-state index is 0. The van der Waals surface area contributed by atoms with Crippen LogP contribution in [0.25, 0.3) is 0 Å². The SMILES string of the molecule is Cl.Cl.O=C(c1cccc(CN2CCCC2)c1)N1CC[C@@H]2CNC[C@@H]2CC1. The molecule has 0 unspecified atom stereocenters. The number of halogens is 2. The lowest BCUT2D eigenvalue weighted by atomic mass is 9.92. The zero-order valence-corrected chi connectivity index (χ0v) is 17.0. The average Bonchev–Trinajstić information content (AvgIpc) is 3.23. The Kier molecular flexibility index (Phi) is 8.21. The maximum atomic E-state index is 13.0. The van der Waals surface area contributed by atoms with Gasteiger partial charge in [0, 0.05) is 25.2 Å². The summed E-state index contributed by atoms with van der Waals surface area (Å²) in [6.07, 6.45) is 4.92. The quantitative estimate of drug-likeness (QED) is 0.847. The number of hydrogen-bond donors (Lipinski definition) is 1. The minimum atomic E-state index is 0. The third-order valence-electron chi connectivity index (χ3n) is 6.09. The van der Waals surface area contributed by atoms with Crippen molar-refractivity contribution < 1.29 is 4.79 Å². The molecule has 1 aromatic rings. The van der Waals surface area contributed by atoms with Crippen molar-refractivity contribution >= 4 is 30.7 Å². The van der Waals surface area contributed by atoms with Crippen LogP contribution in [0.4, 0.5) is 0 Å². The van der Waals surface area contributed by atoms with E-state index in [4.69, 9.17) is 0 Å². The standard InChI is InChI=1S/C20H29N3O.2ClH/c24-20(23-10-6-18-13-21-14-19(18)7-11-23)17-5-3-4-16(12-17)15-22-8-1-2-9-22;;/h3-5,12,18-19,21H,1-2,6-11,13-15H2;2*1H/t18-,19+;;. The topological polar surface area (TPSA) is 35.6 Å². The third kappa shape index (κ3) is 4.92. The molecule has 3 saturated heterocycles. The third-order valence-corrected chi connectivity index (χ3v) is 6.09. The summed E-state index contributed by atoms with van der Waals surface area (Å²) in [5.41, 5.74) is 2.15. The molecule has 26 heavy (non-hydrogen) atoms. The molecule has 3 heterocycles. The van der Waals surface area contributed by atoms with Crippen LogP contribution in [0.2, 0.25) is 0 Å². The van der Waals surface area contributed by atoms with Gasteiger partial charge in [0.15, 0.2) is 0 Å². The molecule has 0 spiro atoms. The van der Waals surface area contributed by atoms with Gasteiger partial charge in [0.2, 0.25) is 0 Å². The molecule has 2 atom stereocenters. The minimum Gasteiger partial charge on any atom is -0.339 e. The molecule has 0 aromatic heterocycles. The number of amides is 1. The van der Waals surface area contributed by atoms with Crippen molar-refractivity contribution in [2.24, 2.45) is 11.8 Å². The zero-order valence-electron chi connectivity index (χ0n) is 15.4. The molecule has 1 amide bonds. The van der Waals surface area contributed by atoms with E-state index in [1.54, 1.807) is 0 Å². The molecule has 3 fully saturated rings. The van der Waals surface area contributed by atoms with Crippen LogP contribution < -0.4 is 5.32 Å². The van der Waals surface area contributed by atoms with Gasteiger partial charge in [0.25, 0.3) is 5.91 Å². The lowest BCUT2D eigenvalue weighted by Gasteiger charge is -2.22. The monoisotopic (exact) mass is 399 g/mol. The van der Waals surface area contributed by atoms with Crippen molar-refractivity contribution in [2.45, 2.75) is 32.2 Å². The number of likely N-dealkylation sites (tertiary alicyclic amines) is 2. The highest BCUT2D eigenvalue weighted by Gasteiger charge is 2.31. The molecule has 0 aliphatic carbocycles. The summed E-state index contributed by atoms with van der Waals surface area (Å²) >= 11 is 0. The van der Waals surface area contributed by atoms with Crippen molar-refractivity contribution in [3.8, 4) is 0 Å². The number of carbonyl (C=O) groups excluding carboxylic acids is 1. The second-order valence-corrected chi connectivity index (χ2v) is 7.73. The van der Waals surface area contributed by atoms with Crippen LogP contribution in [0.3, 0.4) is 0 Å². The molecule has 1 N–H and O–H groups in total. The number of rotatable bonds is 3. The van der Waals surface area contributed by atoms with Crippen LogP contribution in [0, 0.1) is 11.8 Å². The molecule has 3 aliphatic heterocycles. The summed E-state index contributed by atoms with van der Waals surface area (Å²) in [6.45, 7) is 7.48. The van der Waals surface area contributed by atoms with Crippen LogP contribution >= 0.6 is 24.8 Å². The first kappa shape index (κ1) is 21.5. The summed E-state index contributed by atoms with van der Waals surface area (Å²) in [5.74, 6) is 1.76. The van der Waals surface area contributed by atoms with Gasteiger partial charge < -0.3 is 10.2 Å². The Hall–Kier alpha value is -0.810. The number of benzene rings is 1. The highest BCUT2D eigenvalue weighted by molar-refractivity contribution is 5.94. The van der Waals surface area contributed by atoms with E-state index in [2.05, 4.69) is 33.3 Å². The van der Waals surface area contributed by atoms with E-state index in [0.717, 1.165) is 63.0 Å². The van der Waals surface area contributed by atoms with Gasteiger partial charge in [-0.3, -0.25) is 9.69 Å². The first-order valence-corrected chi connectivity index (χ1v) is 9.61. The number of nitrogens with one attached hydrogen (secondary N) is 1. The smallest absolute Gasteiger partial charge is 0.253 e. The highest BCUT2D eigenvalue weighted by atomic mass is 35.5. The highest BCUT2D eigenvalue weighted by Crippen LogP contribution is 2.27. The van der Waals surface area contributed by atoms with Crippen molar-refractivity contribution in [3.05, 3.63) is 35.4 Å². The molecular formula is C20H31Cl2N3O. The Morgan fingerprint density at radius 2 is 1.65 bits per heavy atom. The largest absolute Gasteiger partial charge is 0.339 e. The van der Waals surface area contributed by atoms with Crippen LogP contribution in [0.15, 0.2) is 24.3 Å². The van der Waals surface area contributed by atoms with Gasteiger partial charge in [-0.25, -0.2) is 0 Å². The maximum Gasteiger partial charge on any atom is 0.253 e. The van der Waals surface area contributed by atoms with Crippen molar-refractivity contribution in [1.82, 2.24) is 15.1 Å². The van der Waals surface area contributed by atoms with Crippen molar-refractivity contribution in [2.75, 3.05) is 39.3 Å². The van der Waals surface area contributed by atoms with E-state index < -0.39 is 0 Å². The van der Waals surface area contributed by atoms with E-state index in [1.807, 2.05) is 6.07 Å². The van der Waals surface area contributed by atoms with Crippen LogP contribution in [0.1, 0.15) is 41.6 Å². The second kappa shape index (κ2) is 9.93. The van der Waals surface area contributed by atoms with Gasteiger partial charge in [-0.05, 0) is 81.4 Å². The van der Waals surface area contributed by atoms with Crippen molar-refractivity contribution in [1.29, 1.82) is 0 Å². The second-order valence-electron chi connectivity index (χ2n) is 7.73. The molecular weight excluding hydrogens is 369 g/mol. The summed E-state index contributed by atoms with van der Waals surface area (Å²) < 4.78 is 0. The summed E-state index contributed by atoms with van der Waals surface area (Å²) in [7, 11) is 0. The first-order chi connectivity index (χ1) is 11.8. The number of nitrogens with zero attached hydrogens (tertiary/aromatic N) is 2. The number of carbonyl (C=O) groups is 1. The summed E-state index contributed by atoms with van der Waals surface area (Å²) in [4.78, 5) is 17.5. The molecule has 0 saturated carbocycles. The fourth-order valence-electron chi connectivity index (χ4n) is 4.61. The van der Waals surface area contributed by atoms with Gasteiger partial charge in [0.05, 0.1) is 0 Å². The van der Waals surface area contributed by atoms with Gasteiger partial charge in [-0.2, -0.15) is 0 Å². The Bertz CT molecular complexity index is 578. The molecule has 0 bridgehead atoms. The zero-order chi connectivity index (χ0) is 16.4. The van der Waals surface area contributed by atoms with Gasteiger partial charge in [-0.1, -0.05) is 12.1 Å². The van der Waals surface area contributed by atoms with E-state index >= 15 is 0 Å². The molecule has 0 radical (unpaired) electrons. The Balaban J connectivity index is 0.00000121. The molecule has 4 nitrogen and oxygen atoms in total. The fraction of sp³-hybridized carbons (Fsp3) is 0.650. The van der Waals surface area contributed by atoms with Crippen LogP contribution in [-0.2, 0) is 6.54 Å². The molecule has 1 aromatic carbocycles. The van der Waals surface area contributed by atoms with E-state index in [1.165, 1.54) is 31.5 Å². The Labute approximate surface area is 169 Å². The normalized spacial score (nSPS) is 25.8. The lowest BCUT2D eigenvalue weighted by Crippen LogP contribution is -2.32. The van der Waals surface area contributed by atoms with E-state index in [0.29, 0.717) is 0 Å². The summed E-state index contributed by atoms with van der Waals surface area (Å²) in [5, 5.41) is 3.50. The first-order valence-electron chi connectivity index (χ1n) is 9.61. The predicted molar refractivity (Wildman–Crippen MR) is 110 cm³/mol. The molecule has 146 valence electrons. The summed E-state index contributed by atoms with van der Waals surface area (Å²) in [6, 6.07) is 8.32. The van der Waals surface area contributed by atoms with Gasteiger partial charge in [0.1, 0.15) is 0 Å². The number of hydrogen-bond acceptors (Lipinski definition) is 3. The van der Waals surface area contributed by atoms with Crippen molar-refractivity contribution in [3.63, 3.8) is 0 Å². The lowest BCUT2D eigenvalue weighted by molar-refractivity contribution is 0.0758. The van der Waals surface area contributed by atoms with E-state index in [9.17, 15) is 4.79 Å². The van der Waals surface area contributed by atoms with Crippen LogP contribution in [-0.4, -0.2) is 55.0 Å². The van der Waals surface area contributed by atoms with Crippen LogP contribution in [0.5, 0.6) is 0 Å². The average molecular weight is 400 g/mol. The molecule has 4 rings (SSSR count). The fourth-order valence-corrected chi connectivity index (χ4v) is 4.61. The Morgan fingerprint density at radius 1 is 1.00 bits per heavy atom. The predicted octanol–water partition coefficient (Wildman–Crippen LogP) is 3.20. The molecule has 6 heteroatoms. The Morgan fingerprint density at radius 3 is 2.31 bits per heavy atom. The van der Waals surface area contributed by atoms with Gasteiger partial charge >= 0.3 is 0 Å². The maximum absolute atomic E-state index is 13.0. The van der Waals surface area contributed by atoms with E-state index in [-0.39, 0.29) is 30.7 Å².